The van der Waals surface area contributed by atoms with Crippen molar-refractivity contribution in [2.45, 2.75) is 11.5 Å². The molecule has 0 rings (SSSR count). The lowest BCUT2D eigenvalue weighted by molar-refractivity contribution is 0.474. The van der Waals surface area contributed by atoms with Crippen LogP contribution >= 0.6 is 0 Å². The molecule has 0 saturated heterocycles. The van der Waals surface area contributed by atoms with Crippen LogP contribution < -0.4 is 0 Å². The van der Waals surface area contributed by atoms with Gasteiger partial charge in [-0.25, -0.2) is 0 Å². The number of hydrogen-bond donors (Lipinski definition) is 1. The fraction of sp³-hybridized carbons (Fsp3) is 1.00. The second-order valence-electron chi connectivity index (χ2n) is 1.34. The highest BCUT2D eigenvalue weighted by Crippen LogP contribution is 1.99. The van der Waals surface area contributed by atoms with E-state index in [0.29, 0.717) is 0 Å². The molecule has 2 unspecified atom stereocenters. The van der Waals surface area contributed by atoms with Crippen molar-refractivity contribution in [2.75, 3.05) is 0 Å². The van der Waals surface area contributed by atoms with Gasteiger partial charge >= 0.3 is 0 Å². The summed E-state index contributed by atoms with van der Waals surface area (Å²) in [4.78, 5) is 0. The van der Waals surface area contributed by atoms with Gasteiger partial charge in [0, 0.05) is 0 Å². The number of hydrogen-bond acceptors (Lipinski definition) is 4. The Kier molecular flexibility index (Phi) is 2.74. The summed E-state index contributed by atoms with van der Waals surface area (Å²) >= 11 is -2.77. The molecule has 0 saturated carbocycles. The van der Waals surface area contributed by atoms with Crippen LogP contribution in [0.2, 0.25) is 0 Å². The zero-order chi connectivity index (χ0) is 7.65. The third kappa shape index (κ3) is 2.89. The smallest absolute Gasteiger partial charge is 0.278 e. The molecule has 0 spiro atoms. The molecule has 0 heterocycles. The fourth-order valence-electron chi connectivity index (χ4n) is 0.0993. The Labute approximate surface area is 55.1 Å². The lowest BCUT2D eigenvalue weighted by Crippen LogP contribution is -2.21. The molecule has 0 amide bonds. The van der Waals surface area contributed by atoms with Crippen molar-refractivity contribution in [3.63, 3.8) is 0 Å². The van der Waals surface area contributed by atoms with E-state index < -0.39 is 25.8 Å². The Bertz CT molecular complexity index is 203. The Balaban J connectivity index is 4.43. The van der Waals surface area contributed by atoms with Gasteiger partial charge in [-0.3, -0.25) is 8.76 Å². The van der Waals surface area contributed by atoms with Crippen LogP contribution in [0, 0.1) is 0 Å². The normalized spacial score (nSPS) is 19.0. The van der Waals surface area contributed by atoms with Crippen LogP contribution in [0.3, 0.4) is 0 Å². The first-order valence-electron chi connectivity index (χ1n) is 1.90. The summed E-state index contributed by atoms with van der Waals surface area (Å²) in [6.07, 6.45) is 0. The lowest BCUT2D eigenvalue weighted by Gasteiger charge is -2.09. The van der Waals surface area contributed by atoms with Crippen molar-refractivity contribution in [1.29, 1.82) is 0 Å². The molecule has 0 aliphatic heterocycles. The van der Waals surface area contributed by atoms with Gasteiger partial charge in [0.05, 0.1) is 0 Å². The van der Waals surface area contributed by atoms with Crippen LogP contribution in [0.4, 0.5) is 0 Å². The topological polar surface area (TPSA) is 94.5 Å². The molecule has 56 valence electrons. The first-order valence-corrected chi connectivity index (χ1v) is 4.54. The molecule has 5 nitrogen and oxygen atoms in total. The van der Waals surface area contributed by atoms with E-state index in [-0.39, 0.29) is 0 Å². The zero-order valence-electron chi connectivity index (χ0n) is 4.47. The van der Waals surface area contributed by atoms with Gasteiger partial charge in [-0.15, -0.1) is 0 Å². The van der Waals surface area contributed by atoms with Crippen LogP contribution in [0.25, 0.3) is 0 Å². The van der Waals surface area contributed by atoms with Gasteiger partial charge < -0.3 is 4.55 Å². The van der Waals surface area contributed by atoms with Gasteiger partial charge in [0.15, 0.2) is 0 Å². The van der Waals surface area contributed by atoms with E-state index in [1.165, 1.54) is 0 Å². The Morgan fingerprint density at radius 2 is 2.00 bits per heavy atom. The average Bonchev–Trinajstić information content (AvgIpc) is 1.62. The molecule has 2 atom stereocenters. The summed E-state index contributed by atoms with van der Waals surface area (Å²) in [5.74, 6) is 0. The van der Waals surface area contributed by atoms with E-state index in [2.05, 4.69) is 0 Å². The van der Waals surface area contributed by atoms with Crippen molar-refractivity contribution in [2.24, 2.45) is 0 Å². The molecule has 0 bridgehead atoms. The standard InChI is InChI=1S/C2H6O5S2/c1-2(8(3)4)9(5,6)7/h2H,1H3,(H,3,4)(H,5,6,7)/p-1. The molecule has 0 aliphatic rings. The van der Waals surface area contributed by atoms with Gasteiger partial charge in [0.25, 0.3) is 10.1 Å². The van der Waals surface area contributed by atoms with Gasteiger partial charge in [0.2, 0.25) is 0 Å². The Hall–Kier alpha value is 0.0200. The minimum Gasteiger partial charge on any atom is -0.771 e. The van der Waals surface area contributed by atoms with Crippen molar-refractivity contribution in [3.05, 3.63) is 0 Å². The van der Waals surface area contributed by atoms with Gasteiger partial charge in [-0.1, -0.05) is 0 Å². The lowest BCUT2D eigenvalue weighted by atomic mass is 11.0. The minimum atomic E-state index is -4.41. The van der Waals surface area contributed by atoms with Crippen LogP contribution in [0.1, 0.15) is 6.92 Å². The second-order valence-corrected chi connectivity index (χ2v) is 4.61. The molecule has 9 heavy (non-hydrogen) atoms. The van der Waals surface area contributed by atoms with Gasteiger partial charge in [-0.2, -0.15) is 8.42 Å². The second kappa shape index (κ2) is 2.74. The van der Waals surface area contributed by atoms with Gasteiger partial charge in [-0.05, 0) is 18.0 Å². The molecule has 0 aromatic heterocycles. The summed E-state index contributed by atoms with van der Waals surface area (Å²) in [6.45, 7) is 0.873. The first-order chi connectivity index (χ1) is 3.85. The third-order valence-electron chi connectivity index (χ3n) is 0.690. The maximum absolute atomic E-state index is 9.94. The molecular formula is C2H5O5S2-. The van der Waals surface area contributed by atoms with Crippen LogP contribution in [-0.4, -0.2) is 26.3 Å². The largest absolute Gasteiger partial charge is 0.771 e. The van der Waals surface area contributed by atoms with E-state index in [9.17, 15) is 17.2 Å². The van der Waals surface area contributed by atoms with Crippen molar-refractivity contribution in [1.82, 2.24) is 0 Å². The predicted octanol–water partition coefficient (Wildman–Crippen LogP) is -0.901. The molecule has 0 radical (unpaired) electrons. The quantitative estimate of drug-likeness (QED) is 0.431. The third-order valence-corrected chi connectivity index (χ3v) is 3.27. The molecule has 0 aromatic carbocycles. The average molecular weight is 173 g/mol. The summed E-state index contributed by atoms with van der Waals surface area (Å²) in [5, 5.41) is 0. The minimum absolute atomic E-state index is 0.873. The monoisotopic (exact) mass is 173 g/mol. The maximum atomic E-state index is 9.94. The molecule has 0 aromatic rings. The van der Waals surface area contributed by atoms with E-state index >= 15 is 0 Å². The number of rotatable bonds is 2. The zero-order valence-corrected chi connectivity index (χ0v) is 6.11. The van der Waals surface area contributed by atoms with Crippen molar-refractivity contribution in [3.8, 4) is 0 Å². The molecule has 0 fully saturated rings. The molecular weight excluding hydrogens is 168 g/mol. The summed E-state index contributed by atoms with van der Waals surface area (Å²) in [7, 11) is -4.41. The Morgan fingerprint density at radius 3 is 2.00 bits per heavy atom. The summed E-state index contributed by atoms with van der Waals surface area (Å²) in [6, 6.07) is 0. The highest BCUT2D eigenvalue weighted by atomic mass is 32.3. The van der Waals surface area contributed by atoms with Crippen LogP contribution in [-0.2, 0) is 21.2 Å². The maximum Gasteiger partial charge on any atom is 0.278 e. The highest BCUT2D eigenvalue weighted by molar-refractivity contribution is 8.01. The van der Waals surface area contributed by atoms with Crippen LogP contribution in [0.15, 0.2) is 0 Å². The predicted molar refractivity (Wildman–Crippen MR) is 29.9 cm³/mol. The van der Waals surface area contributed by atoms with E-state index in [1.807, 2.05) is 0 Å². The first kappa shape index (κ1) is 9.02. The van der Waals surface area contributed by atoms with Crippen LogP contribution in [0.5, 0.6) is 0 Å². The fourth-order valence-corrected chi connectivity index (χ4v) is 0.894. The van der Waals surface area contributed by atoms with E-state index in [1.54, 1.807) is 0 Å². The summed E-state index contributed by atoms with van der Waals surface area (Å²) in [5.41, 5.74) is 0. The molecule has 1 N–H and O–H groups in total. The van der Waals surface area contributed by atoms with Crippen molar-refractivity contribution < 1.29 is 21.7 Å². The van der Waals surface area contributed by atoms with Crippen molar-refractivity contribution >= 4 is 21.2 Å². The van der Waals surface area contributed by atoms with E-state index in [4.69, 9.17) is 4.55 Å². The van der Waals surface area contributed by atoms with E-state index in [0.717, 1.165) is 6.92 Å². The molecule has 0 aliphatic carbocycles. The molecule has 7 heteroatoms. The SMILES string of the molecule is CC(S(=O)[O-])S(=O)(=O)O. The highest BCUT2D eigenvalue weighted by Gasteiger charge is 2.16. The summed E-state index contributed by atoms with van der Waals surface area (Å²) < 4.78 is 45.8. The Morgan fingerprint density at radius 1 is 1.67 bits per heavy atom. The van der Waals surface area contributed by atoms with Gasteiger partial charge in [0.1, 0.15) is 4.58 Å².